The van der Waals surface area contributed by atoms with Gasteiger partial charge in [-0.05, 0) is 36.1 Å². The van der Waals surface area contributed by atoms with Gasteiger partial charge in [-0.25, -0.2) is 19.2 Å². The van der Waals surface area contributed by atoms with Gasteiger partial charge >= 0.3 is 23.9 Å². The van der Waals surface area contributed by atoms with Gasteiger partial charge in [-0.3, -0.25) is 0 Å². The average Bonchev–Trinajstić information content (AvgIpc) is 2.45. The summed E-state index contributed by atoms with van der Waals surface area (Å²) in [7, 11) is 0. The molecule has 0 fully saturated rings. The fourth-order valence-electron chi connectivity index (χ4n) is 3.16. The number of fused-ring (bicyclic) bond motifs is 1. The van der Waals surface area contributed by atoms with Gasteiger partial charge in [0.25, 0.3) is 0 Å². The summed E-state index contributed by atoms with van der Waals surface area (Å²) in [6, 6.07) is 0. The first kappa shape index (κ1) is 17.2. The van der Waals surface area contributed by atoms with E-state index in [0.717, 1.165) is 0 Å². The predicted octanol–water partition coefficient (Wildman–Crippen LogP) is 1.36. The lowest BCUT2D eigenvalue weighted by molar-refractivity contribution is -0.136. The molecule has 24 heavy (non-hydrogen) atoms. The molecule has 0 spiro atoms. The van der Waals surface area contributed by atoms with E-state index in [4.69, 9.17) is 0 Å². The Morgan fingerprint density at radius 3 is 1.12 bits per heavy atom. The molecule has 8 heteroatoms. The van der Waals surface area contributed by atoms with E-state index in [2.05, 4.69) is 0 Å². The number of carboxylic acids is 4. The second-order valence-electron chi connectivity index (χ2n) is 5.49. The molecule has 0 atom stereocenters. The lowest BCUT2D eigenvalue weighted by atomic mass is 9.73. The topological polar surface area (TPSA) is 149 Å². The monoisotopic (exact) mass is 334 g/mol. The van der Waals surface area contributed by atoms with Crippen molar-refractivity contribution in [1.29, 1.82) is 0 Å². The fraction of sp³-hybridized carbons (Fsp3) is 0.250. The highest BCUT2D eigenvalue weighted by Gasteiger charge is 2.37. The van der Waals surface area contributed by atoms with Crippen LogP contribution in [0.2, 0.25) is 0 Å². The van der Waals surface area contributed by atoms with E-state index in [1.54, 1.807) is 0 Å². The van der Waals surface area contributed by atoms with Crippen LogP contribution in [0.15, 0.2) is 44.6 Å². The molecular formula is C16H14O8. The van der Waals surface area contributed by atoms with E-state index < -0.39 is 23.9 Å². The minimum atomic E-state index is -1.42. The van der Waals surface area contributed by atoms with Crippen LogP contribution >= 0.6 is 0 Å². The molecule has 2 aliphatic rings. The van der Waals surface area contributed by atoms with Gasteiger partial charge in [-0.15, -0.1) is 0 Å². The number of aliphatic carboxylic acids is 4. The van der Waals surface area contributed by atoms with E-state index >= 15 is 0 Å². The minimum absolute atomic E-state index is 0.142. The third-order valence-electron chi connectivity index (χ3n) is 4.27. The van der Waals surface area contributed by atoms with Gasteiger partial charge in [0.2, 0.25) is 0 Å². The fourth-order valence-corrected chi connectivity index (χ4v) is 3.16. The second kappa shape index (κ2) is 5.80. The maximum atomic E-state index is 11.4. The molecule has 0 aromatic rings. The quantitative estimate of drug-likeness (QED) is 0.602. The zero-order valence-corrected chi connectivity index (χ0v) is 12.8. The van der Waals surface area contributed by atoms with Crippen molar-refractivity contribution in [3.8, 4) is 0 Å². The Morgan fingerprint density at radius 1 is 0.625 bits per heavy atom. The molecule has 0 unspecified atom stereocenters. The van der Waals surface area contributed by atoms with Gasteiger partial charge in [-0.2, -0.15) is 0 Å². The maximum Gasteiger partial charge on any atom is 0.336 e. The summed E-state index contributed by atoms with van der Waals surface area (Å²) in [5.41, 5.74) is -0.444. The van der Waals surface area contributed by atoms with E-state index in [-0.39, 0.29) is 46.3 Å². The first-order chi connectivity index (χ1) is 11.1. The third-order valence-corrected chi connectivity index (χ3v) is 4.27. The van der Waals surface area contributed by atoms with Gasteiger partial charge < -0.3 is 20.4 Å². The number of hydrogen-bond acceptors (Lipinski definition) is 4. The standard InChI is InChI=1S/C16H14O8/c1-5-7-3-10(14(19)20)12(16(23)24)6(2)8(7)4-9(13(17)18)11(5)15(21)22/h3-4H2,1-2H3,(H,17,18)(H,19,20)(H,21,22)(H,23,24). The molecule has 0 radical (unpaired) electrons. The second-order valence-corrected chi connectivity index (χ2v) is 5.49. The molecule has 0 saturated heterocycles. The molecule has 0 amide bonds. The van der Waals surface area contributed by atoms with Crippen LogP contribution in [0.1, 0.15) is 26.7 Å². The lowest BCUT2D eigenvalue weighted by Crippen LogP contribution is -2.24. The molecule has 0 saturated carbocycles. The van der Waals surface area contributed by atoms with Crippen molar-refractivity contribution < 1.29 is 39.6 Å². The van der Waals surface area contributed by atoms with Crippen molar-refractivity contribution in [3.63, 3.8) is 0 Å². The van der Waals surface area contributed by atoms with Crippen molar-refractivity contribution in [1.82, 2.24) is 0 Å². The molecule has 0 bridgehead atoms. The molecule has 0 aromatic heterocycles. The van der Waals surface area contributed by atoms with E-state index in [1.165, 1.54) is 13.8 Å². The highest BCUT2D eigenvalue weighted by molar-refractivity contribution is 6.07. The summed E-state index contributed by atoms with van der Waals surface area (Å²) < 4.78 is 0. The van der Waals surface area contributed by atoms with E-state index in [1.807, 2.05) is 0 Å². The highest BCUT2D eigenvalue weighted by atomic mass is 16.4. The van der Waals surface area contributed by atoms with E-state index in [9.17, 15) is 39.6 Å². The summed E-state index contributed by atoms with van der Waals surface area (Å²) >= 11 is 0. The Labute approximate surface area is 135 Å². The molecule has 0 aromatic carbocycles. The number of rotatable bonds is 4. The Morgan fingerprint density at radius 2 is 0.917 bits per heavy atom. The average molecular weight is 334 g/mol. The smallest absolute Gasteiger partial charge is 0.336 e. The Kier molecular flexibility index (Phi) is 4.16. The van der Waals surface area contributed by atoms with E-state index in [0.29, 0.717) is 11.1 Å². The van der Waals surface area contributed by atoms with Gasteiger partial charge in [0.1, 0.15) is 0 Å². The Balaban J connectivity index is 2.81. The van der Waals surface area contributed by atoms with Gasteiger partial charge in [-0.1, -0.05) is 0 Å². The summed E-state index contributed by atoms with van der Waals surface area (Å²) in [6.45, 7) is 2.80. The van der Waals surface area contributed by atoms with Crippen LogP contribution in [-0.2, 0) is 19.2 Å². The lowest BCUT2D eigenvalue weighted by Gasteiger charge is -2.29. The van der Waals surface area contributed by atoms with Crippen molar-refractivity contribution in [3.05, 3.63) is 44.6 Å². The van der Waals surface area contributed by atoms with Crippen molar-refractivity contribution in [2.45, 2.75) is 26.7 Å². The normalized spacial score (nSPS) is 17.9. The molecule has 4 N–H and O–H groups in total. The molecule has 0 aliphatic heterocycles. The third kappa shape index (κ3) is 2.51. The van der Waals surface area contributed by atoms with Gasteiger partial charge in [0.15, 0.2) is 0 Å². The van der Waals surface area contributed by atoms with Crippen LogP contribution in [-0.4, -0.2) is 44.3 Å². The van der Waals surface area contributed by atoms with Gasteiger partial charge in [0.05, 0.1) is 22.3 Å². The van der Waals surface area contributed by atoms with Crippen molar-refractivity contribution >= 4 is 23.9 Å². The predicted molar refractivity (Wildman–Crippen MR) is 79.2 cm³/mol. The summed E-state index contributed by atoms with van der Waals surface area (Å²) in [6.07, 6.45) is -0.529. The molecule has 8 nitrogen and oxygen atoms in total. The minimum Gasteiger partial charge on any atom is -0.478 e. The van der Waals surface area contributed by atoms with Crippen molar-refractivity contribution in [2.24, 2.45) is 0 Å². The van der Waals surface area contributed by atoms with Crippen LogP contribution < -0.4 is 0 Å². The zero-order chi connectivity index (χ0) is 18.3. The number of carbonyl (C=O) groups is 4. The maximum absolute atomic E-state index is 11.4. The number of allylic oxidation sites excluding steroid dienone is 2. The van der Waals surface area contributed by atoms with Crippen LogP contribution in [0.25, 0.3) is 0 Å². The largest absolute Gasteiger partial charge is 0.478 e. The number of hydrogen-bond donors (Lipinski definition) is 4. The highest BCUT2D eigenvalue weighted by Crippen LogP contribution is 2.44. The first-order valence-electron chi connectivity index (χ1n) is 6.88. The zero-order valence-electron chi connectivity index (χ0n) is 12.8. The number of carboxylic acid groups (broad SMARTS) is 4. The van der Waals surface area contributed by atoms with Crippen LogP contribution in [0.4, 0.5) is 0 Å². The van der Waals surface area contributed by atoms with Crippen LogP contribution in [0, 0.1) is 0 Å². The Hall–Kier alpha value is -3.16. The Bertz CT molecular complexity index is 762. The molecule has 2 rings (SSSR count). The van der Waals surface area contributed by atoms with Crippen molar-refractivity contribution in [2.75, 3.05) is 0 Å². The SMILES string of the molecule is CC1=C2CC(C(=O)O)=C(C(=O)O)C(C)=C2CC(C(=O)O)=C1C(=O)O. The van der Waals surface area contributed by atoms with Gasteiger partial charge in [0, 0.05) is 12.8 Å². The summed E-state index contributed by atoms with van der Waals surface area (Å²) in [5, 5.41) is 37.2. The van der Waals surface area contributed by atoms with Crippen LogP contribution in [0.5, 0.6) is 0 Å². The van der Waals surface area contributed by atoms with Crippen LogP contribution in [0.3, 0.4) is 0 Å². The molecular weight excluding hydrogens is 320 g/mol. The summed E-state index contributed by atoms with van der Waals surface area (Å²) in [5.74, 6) is -5.65. The summed E-state index contributed by atoms with van der Waals surface area (Å²) in [4.78, 5) is 45.6. The first-order valence-corrected chi connectivity index (χ1v) is 6.88. The molecule has 0 heterocycles. The molecule has 126 valence electrons. The molecule has 2 aliphatic carbocycles.